The Morgan fingerprint density at radius 2 is 1.79 bits per heavy atom. The van der Waals surface area contributed by atoms with Gasteiger partial charge in [-0.1, -0.05) is 18.2 Å². The monoisotopic (exact) mass is 211 g/mol. The summed E-state index contributed by atoms with van der Waals surface area (Å²) < 4.78 is 4.37. The van der Waals surface area contributed by atoms with Crippen molar-refractivity contribution in [2.45, 2.75) is 0 Å². The normalized spacial score (nSPS) is 13.8. The van der Waals surface area contributed by atoms with Crippen LogP contribution in [0, 0.1) is 0 Å². The number of rotatable bonds is 2. The van der Waals surface area contributed by atoms with Gasteiger partial charge in [-0.15, -0.1) is 0 Å². The minimum Gasteiger partial charge on any atom is -0.369 e. The maximum absolute atomic E-state index is 5.75. The molecule has 14 heavy (non-hydrogen) atoms. The van der Waals surface area contributed by atoms with E-state index in [4.69, 9.17) is 5.73 Å². The van der Waals surface area contributed by atoms with E-state index in [1.54, 1.807) is 0 Å². The Kier molecular flexibility index (Phi) is 3.41. The number of nitrogens with zero attached hydrogens (tertiary/aromatic N) is 1. The first kappa shape index (κ1) is 10.9. The molecule has 0 aliphatic heterocycles. The van der Waals surface area contributed by atoms with E-state index in [1.165, 1.54) is 0 Å². The van der Waals surface area contributed by atoms with Crippen molar-refractivity contribution in [1.29, 1.82) is 0 Å². The standard InChI is InChI=1S/C10H17N3S/c1-14(2,3)13-10(11)12-9-7-5-4-6-8-9/h4-8H,1-3H3,(H3,11,12,13). The third kappa shape index (κ3) is 4.18. The Morgan fingerprint density at radius 3 is 2.29 bits per heavy atom. The molecule has 0 amide bonds. The van der Waals surface area contributed by atoms with Gasteiger partial charge >= 0.3 is 0 Å². The third-order valence-corrected chi connectivity index (χ3v) is 2.16. The molecule has 0 aromatic heterocycles. The minimum absolute atomic E-state index is 0.485. The highest BCUT2D eigenvalue weighted by molar-refractivity contribution is 8.31. The van der Waals surface area contributed by atoms with Gasteiger partial charge in [0.1, 0.15) is 0 Å². The molecule has 0 saturated heterocycles. The summed E-state index contributed by atoms with van der Waals surface area (Å²) in [6.07, 6.45) is 6.27. The molecule has 0 fully saturated rings. The fraction of sp³-hybridized carbons (Fsp3) is 0.300. The van der Waals surface area contributed by atoms with Crippen LogP contribution in [0.25, 0.3) is 0 Å². The van der Waals surface area contributed by atoms with Gasteiger partial charge in [0, 0.05) is 5.69 Å². The van der Waals surface area contributed by atoms with E-state index in [1.807, 2.05) is 30.3 Å². The molecule has 1 rings (SSSR count). The summed E-state index contributed by atoms with van der Waals surface area (Å²) in [5, 5.41) is 3.05. The van der Waals surface area contributed by atoms with Crippen molar-refractivity contribution < 1.29 is 0 Å². The summed E-state index contributed by atoms with van der Waals surface area (Å²) in [4.78, 5) is 0. The van der Waals surface area contributed by atoms with E-state index < -0.39 is 10.2 Å². The molecule has 3 N–H and O–H groups in total. The van der Waals surface area contributed by atoms with Crippen molar-refractivity contribution in [3.8, 4) is 0 Å². The quantitative estimate of drug-likeness (QED) is 0.581. The predicted octanol–water partition coefficient (Wildman–Crippen LogP) is 2.02. The number of hydrogen-bond acceptors (Lipinski definition) is 1. The van der Waals surface area contributed by atoms with Gasteiger partial charge in [0.05, 0.1) is 0 Å². The first-order chi connectivity index (χ1) is 6.47. The van der Waals surface area contributed by atoms with Crippen molar-refractivity contribution in [2.24, 2.45) is 10.1 Å². The summed E-state index contributed by atoms with van der Waals surface area (Å²) in [7, 11) is -0.943. The van der Waals surface area contributed by atoms with Crippen LogP contribution in [0.15, 0.2) is 34.7 Å². The second-order valence-corrected chi connectivity index (χ2v) is 7.47. The van der Waals surface area contributed by atoms with Crippen LogP contribution in [0.1, 0.15) is 0 Å². The number of nitrogens with two attached hydrogens (primary N) is 1. The number of anilines is 1. The molecule has 0 radical (unpaired) electrons. The van der Waals surface area contributed by atoms with Gasteiger partial charge in [-0.3, -0.25) is 0 Å². The molecule has 0 heterocycles. The van der Waals surface area contributed by atoms with Gasteiger partial charge in [-0.2, -0.15) is 10.2 Å². The van der Waals surface area contributed by atoms with Gasteiger partial charge in [-0.25, -0.2) is 4.40 Å². The van der Waals surface area contributed by atoms with E-state index in [2.05, 4.69) is 28.5 Å². The molecule has 0 bridgehead atoms. The molecule has 0 spiro atoms. The van der Waals surface area contributed by atoms with Crippen LogP contribution < -0.4 is 11.1 Å². The van der Waals surface area contributed by atoms with Crippen molar-refractivity contribution in [3.05, 3.63) is 30.3 Å². The maximum atomic E-state index is 5.75. The second kappa shape index (κ2) is 4.37. The zero-order valence-corrected chi connectivity index (χ0v) is 9.64. The predicted molar refractivity (Wildman–Crippen MR) is 67.1 cm³/mol. The largest absolute Gasteiger partial charge is 0.369 e. The molecule has 1 aromatic rings. The average molecular weight is 211 g/mol. The topological polar surface area (TPSA) is 50.4 Å². The van der Waals surface area contributed by atoms with Crippen LogP contribution in [-0.2, 0) is 0 Å². The smallest absolute Gasteiger partial charge is 0.203 e. The summed E-state index contributed by atoms with van der Waals surface area (Å²) >= 11 is 0. The first-order valence-corrected chi connectivity index (χ1v) is 7.14. The lowest BCUT2D eigenvalue weighted by Crippen LogP contribution is -2.22. The SMILES string of the molecule is CS(C)(C)N=C(N)Nc1ccccc1. The zero-order chi connectivity index (χ0) is 10.6. The molecule has 1 aromatic carbocycles. The lowest BCUT2D eigenvalue weighted by molar-refractivity contribution is 1.53. The second-order valence-electron chi connectivity index (χ2n) is 3.74. The summed E-state index contributed by atoms with van der Waals surface area (Å²) in [6, 6.07) is 9.80. The van der Waals surface area contributed by atoms with Gasteiger partial charge in [0.2, 0.25) is 5.96 Å². The molecule has 0 aliphatic carbocycles. The van der Waals surface area contributed by atoms with E-state index in [0.29, 0.717) is 5.96 Å². The number of para-hydroxylation sites is 1. The van der Waals surface area contributed by atoms with Gasteiger partial charge in [0.15, 0.2) is 0 Å². The fourth-order valence-electron chi connectivity index (χ4n) is 0.987. The van der Waals surface area contributed by atoms with Crippen LogP contribution in [0.4, 0.5) is 5.69 Å². The Bertz CT molecular complexity index is 314. The molecule has 0 aliphatic rings. The first-order valence-electron chi connectivity index (χ1n) is 4.33. The number of hydrogen-bond donors (Lipinski definition) is 2. The highest BCUT2D eigenvalue weighted by Crippen LogP contribution is 2.35. The van der Waals surface area contributed by atoms with Crippen molar-refractivity contribution in [1.82, 2.24) is 0 Å². The number of guanidine groups is 1. The lowest BCUT2D eigenvalue weighted by Gasteiger charge is -2.19. The molecule has 78 valence electrons. The molecule has 0 saturated carbocycles. The molecular formula is C10H17N3S. The van der Waals surface area contributed by atoms with Crippen molar-refractivity contribution in [2.75, 3.05) is 24.1 Å². The van der Waals surface area contributed by atoms with Gasteiger partial charge < -0.3 is 11.1 Å². The lowest BCUT2D eigenvalue weighted by atomic mass is 10.3. The van der Waals surface area contributed by atoms with E-state index >= 15 is 0 Å². The summed E-state index contributed by atoms with van der Waals surface area (Å²) in [6.45, 7) is 0. The molecule has 0 unspecified atom stereocenters. The van der Waals surface area contributed by atoms with Crippen molar-refractivity contribution in [3.63, 3.8) is 0 Å². The zero-order valence-electron chi connectivity index (χ0n) is 8.82. The Morgan fingerprint density at radius 1 is 1.21 bits per heavy atom. The van der Waals surface area contributed by atoms with E-state index in [0.717, 1.165) is 5.69 Å². The van der Waals surface area contributed by atoms with Crippen LogP contribution in [0.3, 0.4) is 0 Å². The average Bonchev–Trinajstić information content (AvgIpc) is 2.02. The maximum Gasteiger partial charge on any atom is 0.203 e. The van der Waals surface area contributed by atoms with Gasteiger partial charge in [0.25, 0.3) is 0 Å². The van der Waals surface area contributed by atoms with Crippen molar-refractivity contribution >= 4 is 21.9 Å². The van der Waals surface area contributed by atoms with Crippen LogP contribution >= 0.6 is 10.2 Å². The summed E-state index contributed by atoms with van der Waals surface area (Å²) in [5.41, 5.74) is 6.72. The number of nitrogens with one attached hydrogen (secondary N) is 1. The third-order valence-electron chi connectivity index (χ3n) is 1.42. The minimum atomic E-state index is -0.943. The summed E-state index contributed by atoms with van der Waals surface area (Å²) in [5.74, 6) is 0.485. The fourth-order valence-corrected chi connectivity index (χ4v) is 1.62. The van der Waals surface area contributed by atoms with E-state index in [9.17, 15) is 0 Å². The molecule has 0 atom stereocenters. The highest BCUT2D eigenvalue weighted by Gasteiger charge is 2.01. The van der Waals surface area contributed by atoms with Crippen LogP contribution in [-0.4, -0.2) is 24.7 Å². The number of benzene rings is 1. The van der Waals surface area contributed by atoms with Crippen LogP contribution in [0.2, 0.25) is 0 Å². The Balaban J connectivity index is 2.67. The molecule has 4 heteroatoms. The van der Waals surface area contributed by atoms with Crippen LogP contribution in [0.5, 0.6) is 0 Å². The van der Waals surface area contributed by atoms with Gasteiger partial charge in [-0.05, 0) is 30.9 Å². The molecule has 3 nitrogen and oxygen atoms in total. The molecular weight excluding hydrogens is 194 g/mol. The highest BCUT2D eigenvalue weighted by atomic mass is 32.3. The Labute approximate surface area is 86.9 Å². The van der Waals surface area contributed by atoms with E-state index in [-0.39, 0.29) is 0 Å². The Hall–Kier alpha value is -1.16.